The van der Waals surface area contributed by atoms with Crippen LogP contribution in [0.1, 0.15) is 48.0 Å². The Morgan fingerprint density at radius 1 is 1.08 bits per heavy atom. The van der Waals surface area contributed by atoms with Gasteiger partial charge in [-0.2, -0.15) is 4.90 Å². The molecule has 1 rings (SSSR count). The summed E-state index contributed by atoms with van der Waals surface area (Å²) < 4.78 is 30.1. The van der Waals surface area contributed by atoms with Crippen LogP contribution < -0.4 is 0 Å². The van der Waals surface area contributed by atoms with Gasteiger partial charge in [0.15, 0.2) is 5.54 Å². The second kappa shape index (κ2) is 6.74. The highest BCUT2D eigenvalue weighted by molar-refractivity contribution is 6.00. The highest BCUT2D eigenvalue weighted by Crippen LogP contribution is 2.57. The summed E-state index contributed by atoms with van der Waals surface area (Å²) in [6, 6.07) is 0. The van der Waals surface area contributed by atoms with Crippen LogP contribution in [0.3, 0.4) is 0 Å². The maximum absolute atomic E-state index is 15.1. The number of amides is 2. The molecular weight excluding hydrogens is 347 g/mol. The van der Waals surface area contributed by atoms with Gasteiger partial charge in [-0.05, 0) is 41.5 Å². The highest BCUT2D eigenvalue weighted by atomic mass is 19.1. The molecule has 0 heterocycles. The van der Waals surface area contributed by atoms with E-state index in [1.54, 1.807) is 41.5 Å². The molecule has 0 aromatic carbocycles. The van der Waals surface area contributed by atoms with Gasteiger partial charge >= 0.3 is 18.2 Å². The lowest BCUT2D eigenvalue weighted by Gasteiger charge is -2.33. The summed E-state index contributed by atoms with van der Waals surface area (Å²) in [4.78, 5) is 40.9. The first kappa shape index (κ1) is 21.7. The van der Waals surface area contributed by atoms with Gasteiger partial charge in [-0.25, -0.2) is 25.3 Å². The van der Waals surface area contributed by atoms with E-state index in [-0.39, 0.29) is 0 Å². The minimum atomic E-state index is -2.43. The zero-order chi connectivity index (χ0) is 20.6. The quantitative estimate of drug-likeness (QED) is 0.430. The number of hydrogen-bond donors (Lipinski definition) is 0. The van der Waals surface area contributed by atoms with E-state index in [4.69, 9.17) is 16.0 Å². The maximum Gasteiger partial charge on any atom is 0.421 e. The third-order valence-electron chi connectivity index (χ3n) is 3.54. The smallest absolute Gasteiger partial charge is 0.421 e. The first-order chi connectivity index (χ1) is 11.6. The lowest BCUT2D eigenvalue weighted by atomic mass is 10.1. The molecule has 2 atom stereocenters. The van der Waals surface area contributed by atoms with E-state index in [1.807, 2.05) is 0 Å². The molecule has 1 fully saturated rings. The fraction of sp³-hybridized carbons (Fsp3) is 0.765. The molecule has 0 radical (unpaired) electrons. The number of carbonyl (C=O) groups excluding carboxylic acids is 3. The van der Waals surface area contributed by atoms with Crippen molar-refractivity contribution in [2.45, 2.75) is 70.4 Å². The van der Waals surface area contributed by atoms with E-state index in [0.29, 0.717) is 4.90 Å². The number of hydrogen-bond acceptors (Lipinski definition) is 6. The van der Waals surface area contributed by atoms with Gasteiger partial charge in [0.05, 0.1) is 7.11 Å². The third-order valence-corrected chi connectivity index (χ3v) is 3.54. The first-order valence-electron chi connectivity index (χ1n) is 8.00. The lowest BCUT2D eigenvalue weighted by Crippen LogP contribution is -2.57. The molecule has 0 aromatic heterocycles. The minimum absolute atomic E-state index is 0.306. The van der Waals surface area contributed by atoms with Crippen LogP contribution in [0.25, 0.3) is 4.85 Å². The zero-order valence-corrected chi connectivity index (χ0v) is 16.1. The molecule has 0 spiro atoms. The van der Waals surface area contributed by atoms with E-state index in [0.717, 1.165) is 7.11 Å². The van der Waals surface area contributed by atoms with Gasteiger partial charge in [-0.1, -0.05) is 0 Å². The summed E-state index contributed by atoms with van der Waals surface area (Å²) in [7, 11) is 1.00. The molecule has 1 unspecified atom stereocenters. The number of alkyl halides is 1. The largest absolute Gasteiger partial charge is 0.467 e. The van der Waals surface area contributed by atoms with Crippen molar-refractivity contribution in [3.8, 4) is 0 Å². The molecule has 2 amide bonds. The Balaban J connectivity index is 3.42. The fourth-order valence-electron chi connectivity index (χ4n) is 2.47. The van der Waals surface area contributed by atoms with Crippen molar-refractivity contribution in [1.29, 1.82) is 0 Å². The van der Waals surface area contributed by atoms with Crippen molar-refractivity contribution >= 4 is 18.2 Å². The van der Waals surface area contributed by atoms with Crippen LogP contribution in [0.15, 0.2) is 0 Å². The van der Waals surface area contributed by atoms with Crippen molar-refractivity contribution < 1.29 is 33.0 Å². The number of halogens is 1. The van der Waals surface area contributed by atoms with Gasteiger partial charge in [0.1, 0.15) is 11.2 Å². The van der Waals surface area contributed by atoms with Gasteiger partial charge in [-0.3, -0.25) is 0 Å². The Hall–Kier alpha value is -2.37. The molecule has 0 aliphatic heterocycles. The molecule has 1 saturated carbocycles. The molecule has 0 N–H and O–H groups in total. The van der Waals surface area contributed by atoms with E-state index in [9.17, 15) is 14.4 Å². The number of nitrogens with zero attached hydrogens (tertiary/aromatic N) is 2. The van der Waals surface area contributed by atoms with Gasteiger partial charge in [0.2, 0.25) is 5.67 Å². The molecule has 0 saturated heterocycles. The van der Waals surface area contributed by atoms with Crippen LogP contribution in [0, 0.1) is 6.57 Å². The third kappa shape index (κ3) is 4.23. The van der Waals surface area contributed by atoms with Crippen LogP contribution in [0.4, 0.5) is 14.0 Å². The standard InChI is InChI=1S/C17H25FN2O6/c1-14(2,3)25-12(22)20(13(23)26-15(4,5)6)17(11(21)24-8)9-16(17,18)10-19-7/h9-10H2,1-6,8H3/t16-,17?/m1/s1. The van der Waals surface area contributed by atoms with Crippen molar-refractivity contribution in [1.82, 2.24) is 4.90 Å². The van der Waals surface area contributed by atoms with Gasteiger partial charge in [-0.15, -0.1) is 0 Å². The SMILES string of the molecule is [C-]#[N+]C[C@]1(F)CC1(C(=O)OC)N(C(=O)OC(C)(C)C)C(=O)OC(C)(C)C. The summed E-state index contributed by atoms with van der Waals surface area (Å²) >= 11 is 0. The van der Waals surface area contributed by atoms with Crippen molar-refractivity contribution in [3.05, 3.63) is 11.4 Å². The van der Waals surface area contributed by atoms with Crippen LogP contribution >= 0.6 is 0 Å². The average molecular weight is 372 g/mol. The number of ether oxygens (including phenoxy) is 3. The Bertz CT molecular complexity index is 617. The van der Waals surface area contributed by atoms with E-state index in [1.165, 1.54) is 0 Å². The van der Waals surface area contributed by atoms with Gasteiger partial charge in [0, 0.05) is 6.42 Å². The number of rotatable bonds is 3. The minimum Gasteiger partial charge on any atom is -0.467 e. The summed E-state index contributed by atoms with van der Waals surface area (Å²) in [5, 5.41) is 0. The normalized spacial score (nSPS) is 24.9. The predicted octanol–water partition coefficient (Wildman–Crippen LogP) is 3.10. The Kier molecular flexibility index (Phi) is 5.62. The second-order valence-electron chi connectivity index (χ2n) is 8.11. The molecule has 26 heavy (non-hydrogen) atoms. The van der Waals surface area contributed by atoms with Crippen LogP contribution in [-0.4, -0.2) is 59.1 Å². The van der Waals surface area contributed by atoms with Crippen LogP contribution in [-0.2, 0) is 19.0 Å². The van der Waals surface area contributed by atoms with Crippen LogP contribution in [0.5, 0.6) is 0 Å². The van der Waals surface area contributed by atoms with E-state index >= 15 is 4.39 Å². The molecule has 8 nitrogen and oxygen atoms in total. The number of esters is 1. The van der Waals surface area contributed by atoms with Crippen molar-refractivity contribution in [2.75, 3.05) is 13.7 Å². The van der Waals surface area contributed by atoms with Crippen molar-refractivity contribution in [2.24, 2.45) is 0 Å². The topological polar surface area (TPSA) is 86.5 Å². The Morgan fingerprint density at radius 2 is 1.50 bits per heavy atom. The van der Waals surface area contributed by atoms with Crippen molar-refractivity contribution in [3.63, 3.8) is 0 Å². The predicted molar refractivity (Wildman–Crippen MR) is 89.0 cm³/mol. The zero-order valence-electron chi connectivity index (χ0n) is 16.1. The number of methoxy groups -OCH3 is 1. The van der Waals surface area contributed by atoms with Crippen LogP contribution in [0.2, 0.25) is 0 Å². The summed E-state index contributed by atoms with van der Waals surface area (Å²) in [5.74, 6) is -1.15. The molecule has 9 heteroatoms. The molecule has 0 aromatic rings. The summed E-state index contributed by atoms with van der Waals surface area (Å²) in [5.41, 5.74) is -6.75. The number of carbonyl (C=O) groups is 3. The summed E-state index contributed by atoms with van der Waals surface area (Å²) in [6.45, 7) is 15.5. The highest BCUT2D eigenvalue weighted by Gasteiger charge is 2.83. The van der Waals surface area contributed by atoms with E-state index < -0.39 is 53.5 Å². The number of imide groups is 1. The molecule has 1 aliphatic rings. The second-order valence-corrected chi connectivity index (χ2v) is 8.11. The average Bonchev–Trinajstić information content (AvgIpc) is 3.00. The monoisotopic (exact) mass is 372 g/mol. The Morgan fingerprint density at radius 3 is 1.81 bits per heavy atom. The maximum atomic E-state index is 15.1. The first-order valence-corrected chi connectivity index (χ1v) is 8.00. The molecular formula is C17H25FN2O6. The van der Waals surface area contributed by atoms with Gasteiger partial charge < -0.3 is 19.1 Å². The van der Waals surface area contributed by atoms with Gasteiger partial charge in [0.25, 0.3) is 6.54 Å². The summed E-state index contributed by atoms with van der Waals surface area (Å²) in [6.07, 6.45) is -3.06. The van der Waals surface area contributed by atoms with E-state index in [2.05, 4.69) is 9.58 Å². The fourth-order valence-corrected chi connectivity index (χ4v) is 2.47. The molecule has 0 bridgehead atoms. The molecule has 146 valence electrons. The lowest BCUT2D eigenvalue weighted by molar-refractivity contribution is -0.150. The molecule has 1 aliphatic carbocycles. The Labute approximate surface area is 152 Å².